The second kappa shape index (κ2) is 7.21. The highest BCUT2D eigenvalue weighted by atomic mass is 32.2. The van der Waals surface area contributed by atoms with Crippen LogP contribution in [0.1, 0.15) is 26.2 Å². The summed E-state index contributed by atoms with van der Waals surface area (Å²) in [6, 6.07) is 0.110. The Morgan fingerprint density at radius 1 is 1.44 bits per heavy atom. The van der Waals surface area contributed by atoms with Gasteiger partial charge < -0.3 is 10.1 Å². The Labute approximate surface area is 98.0 Å². The molecule has 0 bridgehead atoms. The molecular formula is C10H22N2O3S. The van der Waals surface area contributed by atoms with Crippen LogP contribution >= 0.6 is 0 Å². The summed E-state index contributed by atoms with van der Waals surface area (Å²) in [5.41, 5.74) is 0. The molecule has 0 aromatic rings. The molecule has 1 fully saturated rings. The number of rotatable bonds is 7. The van der Waals surface area contributed by atoms with Gasteiger partial charge in [0.1, 0.15) is 0 Å². The second-order valence-corrected chi connectivity index (χ2v) is 5.87. The van der Waals surface area contributed by atoms with Gasteiger partial charge in [0.2, 0.25) is 10.0 Å². The monoisotopic (exact) mass is 250 g/mol. The SMILES string of the molecule is CCOCCNS(=O)(=O)CC1CCCCN1. The van der Waals surface area contributed by atoms with Crippen molar-refractivity contribution in [3.05, 3.63) is 0 Å². The van der Waals surface area contributed by atoms with Crippen LogP contribution in [0.2, 0.25) is 0 Å². The van der Waals surface area contributed by atoms with E-state index in [4.69, 9.17) is 4.74 Å². The molecule has 16 heavy (non-hydrogen) atoms. The first kappa shape index (κ1) is 13.9. The summed E-state index contributed by atoms with van der Waals surface area (Å²) in [5.74, 6) is 0.180. The van der Waals surface area contributed by atoms with Crippen molar-refractivity contribution in [1.82, 2.24) is 10.0 Å². The molecule has 1 aliphatic heterocycles. The van der Waals surface area contributed by atoms with Crippen molar-refractivity contribution in [1.29, 1.82) is 0 Å². The van der Waals surface area contributed by atoms with Crippen molar-refractivity contribution in [2.24, 2.45) is 0 Å². The van der Waals surface area contributed by atoms with Crippen molar-refractivity contribution in [2.45, 2.75) is 32.2 Å². The van der Waals surface area contributed by atoms with Crippen molar-refractivity contribution in [2.75, 3.05) is 32.1 Å². The molecule has 1 unspecified atom stereocenters. The maximum absolute atomic E-state index is 11.7. The van der Waals surface area contributed by atoms with E-state index in [1.165, 1.54) is 0 Å². The van der Waals surface area contributed by atoms with Gasteiger partial charge in [0.05, 0.1) is 12.4 Å². The highest BCUT2D eigenvalue weighted by Crippen LogP contribution is 2.08. The van der Waals surface area contributed by atoms with Gasteiger partial charge in [0.15, 0.2) is 0 Å². The lowest BCUT2D eigenvalue weighted by Crippen LogP contribution is -2.43. The van der Waals surface area contributed by atoms with E-state index in [0.717, 1.165) is 25.8 Å². The highest BCUT2D eigenvalue weighted by Gasteiger charge is 2.20. The first-order valence-electron chi connectivity index (χ1n) is 5.92. The van der Waals surface area contributed by atoms with Crippen LogP contribution in [0.4, 0.5) is 0 Å². The fourth-order valence-electron chi connectivity index (χ4n) is 1.80. The summed E-state index contributed by atoms with van der Waals surface area (Å²) in [4.78, 5) is 0. The Hall–Kier alpha value is -0.170. The Bertz CT molecular complexity index is 274. The molecule has 0 aromatic carbocycles. The van der Waals surface area contributed by atoms with E-state index in [2.05, 4.69) is 10.0 Å². The smallest absolute Gasteiger partial charge is 0.213 e. The molecule has 96 valence electrons. The van der Waals surface area contributed by atoms with E-state index in [0.29, 0.717) is 19.8 Å². The van der Waals surface area contributed by atoms with E-state index in [1.807, 2.05) is 6.92 Å². The van der Waals surface area contributed by atoms with E-state index in [-0.39, 0.29) is 11.8 Å². The third-order valence-corrected chi connectivity index (χ3v) is 4.09. The minimum absolute atomic E-state index is 0.110. The topological polar surface area (TPSA) is 67.4 Å². The van der Waals surface area contributed by atoms with Crippen LogP contribution in [-0.4, -0.2) is 46.5 Å². The summed E-state index contributed by atoms with van der Waals surface area (Å²) in [5, 5.41) is 3.23. The molecule has 2 N–H and O–H groups in total. The molecule has 1 saturated heterocycles. The molecule has 1 heterocycles. The van der Waals surface area contributed by atoms with Crippen LogP contribution in [0.5, 0.6) is 0 Å². The molecule has 0 saturated carbocycles. The third kappa shape index (κ3) is 5.79. The summed E-state index contributed by atoms with van der Waals surface area (Å²) in [6.07, 6.45) is 3.22. The quantitative estimate of drug-likeness (QED) is 0.628. The zero-order valence-electron chi connectivity index (χ0n) is 9.87. The highest BCUT2D eigenvalue weighted by molar-refractivity contribution is 7.89. The van der Waals surface area contributed by atoms with Gasteiger partial charge in [-0.2, -0.15) is 0 Å². The van der Waals surface area contributed by atoms with Crippen molar-refractivity contribution in [3.63, 3.8) is 0 Å². The summed E-state index contributed by atoms with van der Waals surface area (Å²) < 4.78 is 30.9. The molecule has 0 amide bonds. The fourth-order valence-corrected chi connectivity index (χ4v) is 3.13. The van der Waals surface area contributed by atoms with Crippen molar-refractivity contribution < 1.29 is 13.2 Å². The number of hydrogen-bond donors (Lipinski definition) is 2. The van der Waals surface area contributed by atoms with Gasteiger partial charge in [-0.1, -0.05) is 6.42 Å². The van der Waals surface area contributed by atoms with Gasteiger partial charge in [-0.25, -0.2) is 13.1 Å². The number of piperidine rings is 1. The Kier molecular flexibility index (Phi) is 6.26. The lowest BCUT2D eigenvalue weighted by Gasteiger charge is -2.23. The maximum atomic E-state index is 11.7. The van der Waals surface area contributed by atoms with Crippen LogP contribution in [0.15, 0.2) is 0 Å². The predicted octanol–water partition coefficient (Wildman–Crippen LogP) is 0.0844. The molecule has 5 nitrogen and oxygen atoms in total. The molecule has 0 spiro atoms. The Morgan fingerprint density at radius 2 is 2.25 bits per heavy atom. The molecular weight excluding hydrogens is 228 g/mol. The lowest BCUT2D eigenvalue weighted by molar-refractivity contribution is 0.153. The van der Waals surface area contributed by atoms with Gasteiger partial charge in [-0.05, 0) is 26.3 Å². The van der Waals surface area contributed by atoms with Crippen molar-refractivity contribution in [3.8, 4) is 0 Å². The molecule has 1 atom stereocenters. The van der Waals surface area contributed by atoms with E-state index in [9.17, 15) is 8.42 Å². The van der Waals surface area contributed by atoms with Crippen LogP contribution in [0.3, 0.4) is 0 Å². The van der Waals surface area contributed by atoms with E-state index in [1.54, 1.807) is 0 Å². The maximum Gasteiger partial charge on any atom is 0.213 e. The standard InChI is InChI=1S/C10H22N2O3S/c1-2-15-8-7-12-16(13,14)9-10-5-3-4-6-11-10/h10-12H,2-9H2,1H3. The molecule has 0 aromatic heterocycles. The summed E-state index contributed by atoms with van der Waals surface area (Å²) >= 11 is 0. The molecule has 1 aliphatic rings. The minimum Gasteiger partial charge on any atom is -0.380 e. The number of hydrogen-bond acceptors (Lipinski definition) is 4. The minimum atomic E-state index is -3.15. The number of nitrogens with one attached hydrogen (secondary N) is 2. The van der Waals surface area contributed by atoms with Crippen LogP contribution in [-0.2, 0) is 14.8 Å². The van der Waals surface area contributed by atoms with Gasteiger partial charge >= 0.3 is 0 Å². The number of ether oxygens (including phenoxy) is 1. The number of sulfonamides is 1. The molecule has 0 radical (unpaired) electrons. The fraction of sp³-hybridized carbons (Fsp3) is 1.00. The summed E-state index contributed by atoms with van der Waals surface area (Å²) in [6.45, 7) is 4.24. The molecule has 1 rings (SSSR count). The average Bonchev–Trinajstić information content (AvgIpc) is 2.25. The molecule has 6 heteroatoms. The van der Waals surface area contributed by atoms with Gasteiger partial charge in [-0.15, -0.1) is 0 Å². The van der Waals surface area contributed by atoms with Gasteiger partial charge in [0.25, 0.3) is 0 Å². The largest absolute Gasteiger partial charge is 0.380 e. The first-order valence-corrected chi connectivity index (χ1v) is 7.58. The van der Waals surface area contributed by atoms with Gasteiger partial charge in [0, 0.05) is 19.2 Å². The first-order chi connectivity index (χ1) is 7.64. The van der Waals surface area contributed by atoms with Crippen molar-refractivity contribution >= 4 is 10.0 Å². The predicted molar refractivity (Wildman–Crippen MR) is 63.9 cm³/mol. The van der Waals surface area contributed by atoms with E-state index < -0.39 is 10.0 Å². The third-order valence-electron chi connectivity index (χ3n) is 2.61. The zero-order valence-corrected chi connectivity index (χ0v) is 10.7. The lowest BCUT2D eigenvalue weighted by atomic mass is 10.1. The second-order valence-electron chi connectivity index (χ2n) is 4.02. The zero-order chi connectivity index (χ0) is 11.9. The van der Waals surface area contributed by atoms with Crippen LogP contribution < -0.4 is 10.0 Å². The van der Waals surface area contributed by atoms with Crippen LogP contribution in [0.25, 0.3) is 0 Å². The molecule has 0 aliphatic carbocycles. The Morgan fingerprint density at radius 3 is 2.88 bits per heavy atom. The average molecular weight is 250 g/mol. The van der Waals surface area contributed by atoms with E-state index >= 15 is 0 Å². The Balaban J connectivity index is 2.22. The van der Waals surface area contributed by atoms with Crippen LogP contribution in [0, 0.1) is 0 Å². The summed E-state index contributed by atoms with van der Waals surface area (Å²) in [7, 11) is -3.15. The normalized spacial score (nSPS) is 22.2. The van der Waals surface area contributed by atoms with Gasteiger partial charge in [-0.3, -0.25) is 0 Å².